The lowest BCUT2D eigenvalue weighted by atomic mass is 10.2. The number of nitrogens with zero attached hydrogens (tertiary/aromatic N) is 6. The second-order valence-corrected chi connectivity index (χ2v) is 7.77. The van der Waals surface area contributed by atoms with Crippen LogP contribution in [0.15, 0.2) is 24.5 Å². The van der Waals surface area contributed by atoms with Crippen LogP contribution in [0.2, 0.25) is 0 Å². The Balaban J connectivity index is 1.74. The van der Waals surface area contributed by atoms with Gasteiger partial charge in [-0.05, 0) is 58.5 Å². The van der Waals surface area contributed by atoms with Gasteiger partial charge in [-0.2, -0.15) is 0 Å². The summed E-state index contributed by atoms with van der Waals surface area (Å²) in [6.45, 7) is 6.48. The number of carbonyl (C=O) groups excluding carboxylic acids is 1. The lowest BCUT2D eigenvalue weighted by Crippen LogP contribution is -2.33. The Morgan fingerprint density at radius 1 is 1.18 bits per heavy atom. The van der Waals surface area contributed by atoms with Crippen LogP contribution in [0.4, 0.5) is 5.82 Å². The zero-order chi connectivity index (χ0) is 20.3. The molecule has 0 N–H and O–H groups in total. The average Bonchev–Trinajstić information content (AvgIpc) is 3.18. The number of carbonyl (C=O) groups is 1. The van der Waals surface area contributed by atoms with E-state index in [1.54, 1.807) is 24.3 Å². The molecule has 28 heavy (non-hydrogen) atoms. The molecule has 0 radical (unpaired) electrons. The van der Waals surface area contributed by atoms with E-state index in [1.165, 1.54) is 0 Å². The average molecular weight is 383 g/mol. The smallest absolute Gasteiger partial charge is 0.291 e. The van der Waals surface area contributed by atoms with E-state index in [0.717, 1.165) is 48.6 Å². The fraction of sp³-hybridized carbons (Fsp3) is 0.524. The molecule has 0 aliphatic carbocycles. The van der Waals surface area contributed by atoms with E-state index in [9.17, 15) is 4.79 Å². The van der Waals surface area contributed by atoms with Crippen molar-refractivity contribution in [3.05, 3.63) is 47.2 Å². The molecule has 3 heterocycles. The summed E-state index contributed by atoms with van der Waals surface area (Å²) in [6, 6.07) is 4.45. The number of hydrogen-bond donors (Lipinski definition) is 0. The molecule has 7 nitrogen and oxygen atoms in total. The van der Waals surface area contributed by atoms with E-state index < -0.39 is 0 Å². The highest BCUT2D eigenvalue weighted by Gasteiger charge is 2.28. The first-order chi connectivity index (χ1) is 13.4. The Kier molecular flexibility index (Phi) is 6.24. The summed E-state index contributed by atoms with van der Waals surface area (Å²) in [5.74, 6) is 1.04. The molecule has 3 rings (SSSR count). The largest absolute Gasteiger partial charge is 0.355 e. The molecule has 0 aromatic carbocycles. The van der Waals surface area contributed by atoms with Crippen molar-refractivity contribution in [2.75, 3.05) is 45.7 Å². The van der Waals surface area contributed by atoms with E-state index in [4.69, 9.17) is 0 Å². The number of amides is 1. The molecule has 1 amide bonds. The summed E-state index contributed by atoms with van der Waals surface area (Å²) >= 11 is 0. The van der Waals surface area contributed by atoms with Gasteiger partial charge >= 0.3 is 0 Å². The molecule has 1 atom stereocenters. The van der Waals surface area contributed by atoms with Gasteiger partial charge in [-0.15, -0.1) is 0 Å². The summed E-state index contributed by atoms with van der Waals surface area (Å²) in [6.07, 6.45) is 5.42. The Labute approximate surface area is 167 Å². The molecule has 2 aromatic heterocycles. The van der Waals surface area contributed by atoms with Crippen LogP contribution in [0, 0.1) is 13.8 Å². The molecular formula is C21H30N6O. The van der Waals surface area contributed by atoms with Gasteiger partial charge < -0.3 is 14.7 Å². The molecule has 150 valence electrons. The Hall–Kier alpha value is -2.54. The molecule has 1 aliphatic rings. The van der Waals surface area contributed by atoms with Crippen LogP contribution in [0.1, 0.15) is 33.9 Å². The number of likely N-dealkylation sites (N-methyl/N-ethyl adjacent to an activating group) is 2. The lowest BCUT2D eigenvalue weighted by molar-refractivity contribution is 0.0784. The van der Waals surface area contributed by atoms with Crippen molar-refractivity contribution in [2.24, 2.45) is 0 Å². The predicted molar refractivity (Wildman–Crippen MR) is 111 cm³/mol. The van der Waals surface area contributed by atoms with Gasteiger partial charge in [0.05, 0.1) is 0 Å². The highest BCUT2D eigenvalue weighted by molar-refractivity contribution is 5.90. The maximum atomic E-state index is 12.9. The minimum atomic E-state index is -0.137. The van der Waals surface area contributed by atoms with Crippen molar-refractivity contribution in [1.82, 2.24) is 24.8 Å². The zero-order valence-corrected chi connectivity index (χ0v) is 17.5. The van der Waals surface area contributed by atoms with E-state index in [1.807, 2.05) is 26.0 Å². The van der Waals surface area contributed by atoms with Crippen LogP contribution < -0.4 is 4.90 Å². The summed E-state index contributed by atoms with van der Waals surface area (Å²) in [4.78, 5) is 32.4. The molecule has 7 heteroatoms. The molecular weight excluding hydrogens is 352 g/mol. The van der Waals surface area contributed by atoms with Crippen LogP contribution >= 0.6 is 0 Å². The Morgan fingerprint density at radius 3 is 2.54 bits per heavy atom. The van der Waals surface area contributed by atoms with Gasteiger partial charge in [0.15, 0.2) is 0 Å². The number of aromatic nitrogens is 3. The van der Waals surface area contributed by atoms with Crippen LogP contribution in [0.25, 0.3) is 0 Å². The van der Waals surface area contributed by atoms with Crippen LogP contribution in [-0.2, 0) is 6.42 Å². The van der Waals surface area contributed by atoms with Crippen molar-refractivity contribution in [1.29, 1.82) is 0 Å². The number of aryl methyl sites for hydroxylation is 1. The van der Waals surface area contributed by atoms with Crippen molar-refractivity contribution < 1.29 is 4.79 Å². The third-order valence-corrected chi connectivity index (χ3v) is 5.58. The minimum Gasteiger partial charge on any atom is -0.355 e. The second-order valence-electron chi connectivity index (χ2n) is 7.77. The van der Waals surface area contributed by atoms with Crippen LogP contribution in [0.5, 0.6) is 0 Å². The van der Waals surface area contributed by atoms with Gasteiger partial charge in [0.25, 0.3) is 5.91 Å². The second kappa shape index (κ2) is 8.65. The van der Waals surface area contributed by atoms with Gasteiger partial charge in [-0.1, -0.05) is 0 Å². The molecule has 0 bridgehead atoms. The maximum absolute atomic E-state index is 12.9. The van der Waals surface area contributed by atoms with Crippen molar-refractivity contribution in [2.45, 2.75) is 32.7 Å². The first kappa shape index (κ1) is 20.2. The third-order valence-electron chi connectivity index (χ3n) is 5.58. The number of anilines is 1. The lowest BCUT2D eigenvalue weighted by Gasteiger charge is -2.24. The summed E-state index contributed by atoms with van der Waals surface area (Å²) in [5.41, 5.74) is 3.07. The summed E-state index contributed by atoms with van der Waals surface area (Å²) in [7, 11) is 6.03. The van der Waals surface area contributed by atoms with Crippen LogP contribution in [-0.4, -0.2) is 77.5 Å². The maximum Gasteiger partial charge on any atom is 0.291 e. The number of hydrogen-bond acceptors (Lipinski definition) is 6. The monoisotopic (exact) mass is 382 g/mol. The van der Waals surface area contributed by atoms with Gasteiger partial charge in [0.1, 0.15) is 5.82 Å². The normalized spacial score (nSPS) is 16.6. The first-order valence-corrected chi connectivity index (χ1v) is 9.77. The topological polar surface area (TPSA) is 65.5 Å². The van der Waals surface area contributed by atoms with Gasteiger partial charge in [0.2, 0.25) is 5.82 Å². The highest BCUT2D eigenvalue weighted by Crippen LogP contribution is 2.25. The fourth-order valence-corrected chi connectivity index (χ4v) is 3.49. The Bertz CT molecular complexity index is 823. The van der Waals surface area contributed by atoms with Crippen molar-refractivity contribution in [3.8, 4) is 0 Å². The summed E-state index contributed by atoms with van der Waals surface area (Å²) in [5, 5.41) is 0. The van der Waals surface area contributed by atoms with E-state index >= 15 is 0 Å². The molecule has 0 saturated carbocycles. The third kappa shape index (κ3) is 4.47. The van der Waals surface area contributed by atoms with E-state index in [2.05, 4.69) is 38.8 Å². The molecule has 1 fully saturated rings. The highest BCUT2D eigenvalue weighted by atomic mass is 16.2. The van der Waals surface area contributed by atoms with Gasteiger partial charge in [-0.25, -0.2) is 9.97 Å². The SMILES string of the molecule is Cc1nc(C(=O)N(C)CCc2ccncc2)nc(N2CC[C@@H](N(C)C)C2)c1C. The van der Waals surface area contributed by atoms with Crippen LogP contribution in [0.3, 0.4) is 0 Å². The Morgan fingerprint density at radius 2 is 1.89 bits per heavy atom. The van der Waals surface area contributed by atoms with Gasteiger partial charge in [-0.3, -0.25) is 9.78 Å². The molecule has 0 unspecified atom stereocenters. The van der Waals surface area contributed by atoms with Crippen molar-refractivity contribution >= 4 is 11.7 Å². The molecule has 0 spiro atoms. The minimum absolute atomic E-state index is 0.137. The quantitative estimate of drug-likeness (QED) is 0.761. The zero-order valence-electron chi connectivity index (χ0n) is 17.5. The van der Waals surface area contributed by atoms with Gasteiger partial charge in [0, 0.05) is 56.4 Å². The number of pyridine rings is 1. The fourth-order valence-electron chi connectivity index (χ4n) is 3.49. The van der Waals surface area contributed by atoms with Crippen molar-refractivity contribution in [3.63, 3.8) is 0 Å². The van der Waals surface area contributed by atoms with E-state index in [-0.39, 0.29) is 11.7 Å². The van der Waals surface area contributed by atoms with E-state index in [0.29, 0.717) is 12.6 Å². The summed E-state index contributed by atoms with van der Waals surface area (Å²) < 4.78 is 0. The molecule has 1 saturated heterocycles. The first-order valence-electron chi connectivity index (χ1n) is 9.77. The number of rotatable bonds is 6. The standard InChI is InChI=1S/C21H30N6O/c1-15-16(2)23-19(24-20(15)27-13-9-18(14-27)25(3)4)21(28)26(5)12-8-17-6-10-22-11-7-17/h6-7,10-11,18H,8-9,12-14H2,1-5H3/t18-/m1/s1. The molecule has 1 aliphatic heterocycles. The molecule has 2 aromatic rings. The predicted octanol–water partition coefficient (Wildman–Crippen LogP) is 1.94.